The number of aryl methyl sites for hydroxylation is 1. The van der Waals surface area contributed by atoms with Gasteiger partial charge in [-0.15, -0.1) is 44.6 Å². The van der Waals surface area contributed by atoms with Crippen LogP contribution in [0.4, 0.5) is 5.00 Å². The number of β-lactam (4-membered cyclic amide) rings is 1. The topological polar surface area (TPSA) is 104 Å². The normalized spacial score (nSPS) is 26.1. The molecule has 28 heavy (non-hydrogen) atoms. The molecule has 4 heterocycles. The molecule has 1 N–H and O–H groups in total. The Bertz CT molecular complexity index is 927. The van der Waals surface area contributed by atoms with E-state index in [0.717, 1.165) is 5.00 Å². The monoisotopic (exact) mass is 448 g/mol. The third-order valence-corrected chi connectivity index (χ3v) is 8.18. The van der Waals surface area contributed by atoms with E-state index in [1.165, 1.54) is 46.3 Å². The van der Waals surface area contributed by atoms with Gasteiger partial charge in [-0.2, -0.15) is 0 Å². The number of aliphatic carboxylic acids is 1. The van der Waals surface area contributed by atoms with E-state index in [4.69, 9.17) is 0 Å². The summed E-state index contributed by atoms with van der Waals surface area (Å²) in [6, 6.07) is 3.04. The number of fused-ring (bicyclic) bond motifs is 1. The number of anilines is 1. The Balaban J connectivity index is 0.00000150. The molecule has 0 saturated carbocycles. The Morgan fingerprint density at radius 3 is 2.71 bits per heavy atom. The maximum atomic E-state index is 12.9. The predicted molar refractivity (Wildman–Crippen MR) is 104 cm³/mol. The summed E-state index contributed by atoms with van der Waals surface area (Å²) in [5, 5.41) is 21.3. The van der Waals surface area contributed by atoms with Gasteiger partial charge in [-0.25, -0.2) is 0 Å². The minimum atomic E-state index is -1.27. The number of amides is 2. The van der Waals surface area contributed by atoms with Crippen molar-refractivity contribution >= 4 is 57.2 Å². The zero-order valence-electron chi connectivity index (χ0n) is 16.5. The van der Waals surface area contributed by atoms with Crippen molar-refractivity contribution in [2.75, 3.05) is 17.2 Å². The molecule has 8 nitrogen and oxygen atoms in total. The molecule has 0 aromatic carbocycles. The molecule has 144 valence electrons. The number of carboxylic acid groups (broad SMARTS) is 1. The first-order valence-corrected chi connectivity index (χ1v) is 10.9. The predicted octanol–water partition coefficient (Wildman–Crippen LogP) is -1.32. The average molecular weight is 449 g/mol. The summed E-state index contributed by atoms with van der Waals surface area (Å²) in [6.45, 7) is 3.25. The zero-order valence-corrected chi connectivity index (χ0v) is 19.9. The second-order valence-corrected chi connectivity index (χ2v) is 9.68. The van der Waals surface area contributed by atoms with E-state index in [-0.39, 0.29) is 60.5 Å². The summed E-state index contributed by atoms with van der Waals surface area (Å²) >= 11 is 4.02. The van der Waals surface area contributed by atoms with Gasteiger partial charge in [0, 0.05) is 19.2 Å². The molecule has 0 spiro atoms. The minimum Gasteiger partial charge on any atom is -1.00 e. The number of nitrogens with zero attached hydrogens (tertiary/aromatic N) is 4. The number of carboxylic acids is 1. The molecule has 12 heteroatoms. The molecule has 2 fully saturated rings. The van der Waals surface area contributed by atoms with Crippen LogP contribution >= 0.6 is 34.4 Å². The summed E-state index contributed by atoms with van der Waals surface area (Å²) < 4.78 is 0. The summed E-state index contributed by atoms with van der Waals surface area (Å²) in [6.07, 6.45) is 0. The quantitative estimate of drug-likeness (QED) is 0.457. The van der Waals surface area contributed by atoms with Crippen LogP contribution in [-0.4, -0.2) is 61.7 Å². The third kappa shape index (κ3) is 3.31. The number of rotatable bonds is 4. The van der Waals surface area contributed by atoms with Crippen molar-refractivity contribution in [3.63, 3.8) is 0 Å². The molecule has 0 radical (unpaired) electrons. The number of carbonyl (C=O) groups is 3. The van der Waals surface area contributed by atoms with Crippen molar-refractivity contribution < 1.29 is 50.5 Å². The van der Waals surface area contributed by atoms with Crippen molar-refractivity contribution in [1.82, 2.24) is 15.1 Å². The third-order valence-electron chi connectivity index (χ3n) is 4.76. The maximum absolute atomic E-state index is 12.9. The van der Waals surface area contributed by atoms with E-state index in [9.17, 15) is 19.5 Å². The average Bonchev–Trinajstić information content (AvgIpc) is 3.30. The first-order valence-electron chi connectivity index (χ1n) is 8.14. The van der Waals surface area contributed by atoms with Gasteiger partial charge >= 0.3 is 35.5 Å². The second-order valence-electron chi connectivity index (χ2n) is 6.47. The van der Waals surface area contributed by atoms with Crippen LogP contribution in [0, 0.1) is 6.92 Å². The van der Waals surface area contributed by atoms with Gasteiger partial charge < -0.3 is 11.4 Å². The number of carbonyl (C=O) groups excluding carboxylic acids is 2. The van der Waals surface area contributed by atoms with E-state index in [1.807, 2.05) is 11.4 Å². The molecule has 0 aliphatic carbocycles. The number of thiophene rings is 1. The summed E-state index contributed by atoms with van der Waals surface area (Å²) in [7, 11) is 0. The van der Waals surface area contributed by atoms with Crippen molar-refractivity contribution in [3.05, 3.63) is 27.5 Å². The number of thioether (sulfide) groups is 1. The van der Waals surface area contributed by atoms with Gasteiger partial charge in [0.15, 0.2) is 0 Å². The largest absolute Gasteiger partial charge is 1.00 e. The molecule has 0 bridgehead atoms. The second kappa shape index (κ2) is 8.04. The fraction of sp³-hybridized carbons (Fsp3) is 0.438. The van der Waals surface area contributed by atoms with Gasteiger partial charge in [0.05, 0.1) is 5.00 Å². The van der Waals surface area contributed by atoms with Gasteiger partial charge in [0.2, 0.25) is 11.8 Å². The Morgan fingerprint density at radius 2 is 2.18 bits per heavy atom. The molecule has 2 amide bonds. The Morgan fingerprint density at radius 1 is 1.43 bits per heavy atom. The van der Waals surface area contributed by atoms with Crippen LogP contribution in [0.3, 0.4) is 0 Å². The van der Waals surface area contributed by atoms with Crippen LogP contribution in [0.15, 0.2) is 17.5 Å². The molecular weight excluding hydrogens is 431 g/mol. The van der Waals surface area contributed by atoms with Gasteiger partial charge in [-0.05, 0) is 24.4 Å². The summed E-state index contributed by atoms with van der Waals surface area (Å²) in [5.41, 5.74) is -1.27. The van der Waals surface area contributed by atoms with Crippen LogP contribution in [0.25, 0.3) is 0 Å². The standard InChI is InChI=1S/C16H16N4O4S3.Na.H/c1-8-17-18-14(27-8)16(15(23)24)6-19-12(22)11(13(19)26-7-16)20(9(2)21)10-4-3-5-25-10;;/h3-5,11,13H,6-7H2,1-2H3,(H,23,24);;/q;+1;-1/t11?,13-,16?;;/m1../s1. The molecule has 2 unspecified atom stereocenters. The molecular formula is C16H17N4NaO4S3. The van der Waals surface area contributed by atoms with Crippen LogP contribution in [0.1, 0.15) is 18.4 Å². The van der Waals surface area contributed by atoms with Crippen molar-refractivity contribution in [2.24, 2.45) is 0 Å². The van der Waals surface area contributed by atoms with Crippen LogP contribution in [0.2, 0.25) is 0 Å². The van der Waals surface area contributed by atoms with E-state index in [2.05, 4.69) is 10.2 Å². The Labute approximate surface area is 197 Å². The van der Waals surface area contributed by atoms with Crippen LogP contribution < -0.4 is 34.5 Å². The minimum absolute atomic E-state index is 0. The van der Waals surface area contributed by atoms with Crippen molar-refractivity contribution in [1.29, 1.82) is 0 Å². The molecule has 3 atom stereocenters. The van der Waals surface area contributed by atoms with Crippen molar-refractivity contribution in [3.8, 4) is 0 Å². The Kier molecular flexibility index (Phi) is 6.23. The molecule has 2 aliphatic rings. The van der Waals surface area contributed by atoms with Gasteiger partial charge in [0.25, 0.3) is 0 Å². The smallest absolute Gasteiger partial charge is 1.00 e. The van der Waals surface area contributed by atoms with Gasteiger partial charge in [0.1, 0.15) is 26.8 Å². The van der Waals surface area contributed by atoms with E-state index < -0.39 is 17.4 Å². The van der Waals surface area contributed by atoms with E-state index in [0.29, 0.717) is 10.0 Å². The molecule has 2 aromatic heterocycles. The maximum Gasteiger partial charge on any atom is 1.00 e. The number of hydrogen-bond donors (Lipinski definition) is 1. The molecule has 2 saturated heterocycles. The number of aromatic nitrogens is 2. The zero-order chi connectivity index (χ0) is 19.3. The van der Waals surface area contributed by atoms with Gasteiger partial charge in [-0.3, -0.25) is 19.3 Å². The van der Waals surface area contributed by atoms with Crippen LogP contribution in [0.5, 0.6) is 0 Å². The van der Waals surface area contributed by atoms with E-state index >= 15 is 0 Å². The molecule has 2 aromatic rings. The number of hydrogen-bond acceptors (Lipinski definition) is 8. The first kappa shape index (κ1) is 21.7. The SMILES string of the molecule is CC(=O)N(c1cccs1)C1C(=O)N2CC(C(=O)O)(c3nnc(C)s3)CS[C@H]12.[H-].[Na+]. The summed E-state index contributed by atoms with van der Waals surface area (Å²) in [4.78, 5) is 40.3. The van der Waals surface area contributed by atoms with Crippen LogP contribution in [-0.2, 0) is 19.8 Å². The fourth-order valence-electron chi connectivity index (χ4n) is 3.39. The van der Waals surface area contributed by atoms with Gasteiger partial charge in [-0.1, -0.05) is 0 Å². The first-order chi connectivity index (χ1) is 12.8. The Hall–Kier alpha value is -0.980. The molecule has 2 aliphatic heterocycles. The van der Waals surface area contributed by atoms with Crippen molar-refractivity contribution in [2.45, 2.75) is 30.7 Å². The summed E-state index contributed by atoms with van der Waals surface area (Å²) in [5.74, 6) is -1.17. The molecule has 4 rings (SSSR count). The fourth-order valence-corrected chi connectivity index (χ4v) is 6.74. The van der Waals surface area contributed by atoms with E-state index in [1.54, 1.807) is 17.9 Å².